The van der Waals surface area contributed by atoms with Crippen LogP contribution in [0.4, 0.5) is 0 Å². The Labute approximate surface area is 167 Å². The highest BCUT2D eigenvalue weighted by atomic mass is 32.1. The van der Waals surface area contributed by atoms with Crippen LogP contribution in [-0.4, -0.2) is 51.4 Å². The van der Waals surface area contributed by atoms with Gasteiger partial charge >= 0.3 is 0 Å². The van der Waals surface area contributed by atoms with Crippen LogP contribution in [0.25, 0.3) is 10.1 Å². The molecule has 4 N–H and O–H groups in total. The van der Waals surface area contributed by atoms with Gasteiger partial charge in [-0.15, -0.1) is 11.3 Å². The highest BCUT2D eigenvalue weighted by Gasteiger charge is 2.43. The third-order valence-corrected chi connectivity index (χ3v) is 6.39. The largest absolute Gasteiger partial charge is 0.394 e. The number of hydrogen-bond acceptors (Lipinski definition) is 6. The maximum absolute atomic E-state index is 10.4. The van der Waals surface area contributed by atoms with Gasteiger partial charge in [-0.1, -0.05) is 35.9 Å². The summed E-state index contributed by atoms with van der Waals surface area (Å²) in [5.74, 6) is 0. The summed E-state index contributed by atoms with van der Waals surface area (Å²) >= 11 is 1.67. The van der Waals surface area contributed by atoms with Gasteiger partial charge in [-0.05, 0) is 52.9 Å². The standard InChI is InChI=1S/C22H24O5S/c1-12-3-2-4-13(7-12)8-15-11-28-18-6-5-14(9-16(15)18)22-21(26)20(25)19(24)17(10-23)27-22/h2-7,9,11,17,19-26H,8,10H2,1H3/t17-,19-,20?,21-,22?/m1/s1. The molecule has 148 valence electrons. The maximum Gasteiger partial charge on any atom is 0.113 e. The fourth-order valence-electron chi connectivity index (χ4n) is 3.83. The number of aliphatic hydroxyl groups is 4. The minimum absolute atomic E-state index is 0.430. The third kappa shape index (κ3) is 3.59. The zero-order valence-corrected chi connectivity index (χ0v) is 16.3. The monoisotopic (exact) mass is 400 g/mol. The van der Waals surface area contributed by atoms with Crippen molar-refractivity contribution >= 4 is 21.4 Å². The molecule has 1 aromatic heterocycles. The summed E-state index contributed by atoms with van der Waals surface area (Å²) in [7, 11) is 0. The highest BCUT2D eigenvalue weighted by Crippen LogP contribution is 2.36. The molecule has 0 amide bonds. The second-order valence-electron chi connectivity index (χ2n) is 7.43. The average Bonchev–Trinajstić information content (AvgIpc) is 3.08. The Hall–Kier alpha value is -1.80. The van der Waals surface area contributed by atoms with Gasteiger partial charge in [-0.3, -0.25) is 0 Å². The van der Waals surface area contributed by atoms with Crippen molar-refractivity contribution in [3.63, 3.8) is 0 Å². The van der Waals surface area contributed by atoms with E-state index < -0.39 is 37.1 Å². The lowest BCUT2D eigenvalue weighted by molar-refractivity contribution is -0.231. The normalized spacial score (nSPS) is 28.0. The highest BCUT2D eigenvalue weighted by molar-refractivity contribution is 7.17. The first-order chi connectivity index (χ1) is 13.5. The van der Waals surface area contributed by atoms with E-state index in [4.69, 9.17) is 4.74 Å². The van der Waals surface area contributed by atoms with Gasteiger partial charge in [0.15, 0.2) is 0 Å². The number of thiophene rings is 1. The molecule has 0 aliphatic carbocycles. The zero-order valence-electron chi connectivity index (χ0n) is 15.5. The van der Waals surface area contributed by atoms with Crippen LogP contribution < -0.4 is 0 Å². The Balaban J connectivity index is 1.67. The molecule has 1 aliphatic heterocycles. The van der Waals surface area contributed by atoms with Crippen LogP contribution in [0.2, 0.25) is 0 Å². The molecule has 0 saturated carbocycles. The first-order valence-electron chi connectivity index (χ1n) is 9.34. The number of fused-ring (bicyclic) bond motifs is 1. The Morgan fingerprint density at radius 1 is 1.00 bits per heavy atom. The molecule has 1 saturated heterocycles. The minimum atomic E-state index is -1.37. The Morgan fingerprint density at radius 3 is 2.57 bits per heavy atom. The Morgan fingerprint density at radius 2 is 1.82 bits per heavy atom. The quantitative estimate of drug-likeness (QED) is 0.540. The average molecular weight is 400 g/mol. The molecule has 3 aromatic rings. The Bertz CT molecular complexity index is 966. The lowest BCUT2D eigenvalue weighted by atomic mass is 9.90. The molecule has 6 heteroatoms. The lowest BCUT2D eigenvalue weighted by Crippen LogP contribution is -2.55. The van der Waals surface area contributed by atoms with E-state index in [9.17, 15) is 20.4 Å². The summed E-state index contributed by atoms with van der Waals surface area (Å²) in [6, 6.07) is 14.2. The van der Waals surface area contributed by atoms with Crippen LogP contribution in [0.15, 0.2) is 47.8 Å². The van der Waals surface area contributed by atoms with E-state index in [1.165, 1.54) is 16.7 Å². The smallest absolute Gasteiger partial charge is 0.113 e. The van der Waals surface area contributed by atoms with E-state index in [2.05, 4.69) is 36.6 Å². The first kappa shape index (κ1) is 19.5. The molecular weight excluding hydrogens is 376 g/mol. The summed E-state index contributed by atoms with van der Waals surface area (Å²) in [4.78, 5) is 0. The molecule has 2 unspecified atom stereocenters. The van der Waals surface area contributed by atoms with Crippen molar-refractivity contribution in [1.29, 1.82) is 0 Å². The summed E-state index contributed by atoms with van der Waals surface area (Å²) in [5, 5.41) is 43.2. The second kappa shape index (κ2) is 7.91. The van der Waals surface area contributed by atoms with Gasteiger partial charge in [-0.25, -0.2) is 0 Å². The number of rotatable bonds is 4. The van der Waals surface area contributed by atoms with Crippen LogP contribution in [0, 0.1) is 6.92 Å². The van der Waals surface area contributed by atoms with Crippen molar-refractivity contribution in [1.82, 2.24) is 0 Å². The van der Waals surface area contributed by atoms with Crippen molar-refractivity contribution in [3.8, 4) is 0 Å². The van der Waals surface area contributed by atoms with Crippen LogP contribution in [0.1, 0.15) is 28.4 Å². The van der Waals surface area contributed by atoms with Crippen LogP contribution in [-0.2, 0) is 11.2 Å². The van der Waals surface area contributed by atoms with Crippen molar-refractivity contribution in [2.45, 2.75) is 43.9 Å². The predicted octanol–water partition coefficient (Wildman–Crippen LogP) is 2.32. The van der Waals surface area contributed by atoms with Gasteiger partial charge in [-0.2, -0.15) is 0 Å². The summed E-state index contributed by atoms with van der Waals surface area (Å²) in [6.07, 6.45) is -4.91. The van der Waals surface area contributed by atoms with Crippen molar-refractivity contribution < 1.29 is 25.2 Å². The van der Waals surface area contributed by atoms with Crippen LogP contribution >= 0.6 is 11.3 Å². The molecular formula is C22H24O5S. The maximum atomic E-state index is 10.4. The van der Waals surface area contributed by atoms with Gasteiger partial charge in [0.1, 0.15) is 30.5 Å². The van der Waals surface area contributed by atoms with E-state index in [0.717, 1.165) is 16.5 Å². The van der Waals surface area contributed by atoms with Gasteiger partial charge < -0.3 is 25.2 Å². The molecule has 4 rings (SSSR count). The van der Waals surface area contributed by atoms with Crippen molar-refractivity contribution in [3.05, 3.63) is 70.1 Å². The van der Waals surface area contributed by atoms with Gasteiger partial charge in [0.05, 0.1) is 6.61 Å². The molecule has 2 aromatic carbocycles. The van der Waals surface area contributed by atoms with Gasteiger partial charge in [0, 0.05) is 4.70 Å². The zero-order chi connectivity index (χ0) is 19.8. The van der Waals surface area contributed by atoms with E-state index >= 15 is 0 Å². The summed E-state index contributed by atoms with van der Waals surface area (Å²) < 4.78 is 6.84. The molecule has 0 radical (unpaired) electrons. The SMILES string of the molecule is Cc1cccc(Cc2csc3ccc(C4O[C@H](CO)[C@@H](O)C(O)[C@H]4O)cc23)c1. The molecule has 28 heavy (non-hydrogen) atoms. The Kier molecular flexibility index (Phi) is 5.51. The van der Waals surface area contributed by atoms with E-state index in [1.54, 1.807) is 11.3 Å². The predicted molar refractivity (Wildman–Crippen MR) is 109 cm³/mol. The number of aryl methyl sites for hydroxylation is 1. The topological polar surface area (TPSA) is 90.2 Å². The number of hydrogen-bond donors (Lipinski definition) is 4. The van der Waals surface area contributed by atoms with Crippen molar-refractivity contribution in [2.24, 2.45) is 0 Å². The molecule has 1 fully saturated rings. The number of benzene rings is 2. The van der Waals surface area contributed by atoms with E-state index in [1.807, 2.05) is 18.2 Å². The van der Waals surface area contributed by atoms with E-state index in [0.29, 0.717) is 5.56 Å². The first-order valence-corrected chi connectivity index (χ1v) is 10.2. The molecule has 0 bridgehead atoms. The summed E-state index contributed by atoms with van der Waals surface area (Å²) in [5.41, 5.74) is 4.36. The van der Waals surface area contributed by atoms with Crippen molar-refractivity contribution in [2.75, 3.05) is 6.61 Å². The fraction of sp³-hybridized carbons (Fsp3) is 0.364. The number of ether oxygens (including phenoxy) is 1. The molecule has 2 heterocycles. The van der Waals surface area contributed by atoms with Gasteiger partial charge in [0.2, 0.25) is 0 Å². The van der Waals surface area contributed by atoms with Crippen LogP contribution in [0.3, 0.4) is 0 Å². The molecule has 0 spiro atoms. The van der Waals surface area contributed by atoms with Gasteiger partial charge in [0.25, 0.3) is 0 Å². The fourth-order valence-corrected chi connectivity index (χ4v) is 4.78. The number of aliphatic hydroxyl groups excluding tert-OH is 4. The molecule has 5 nitrogen and oxygen atoms in total. The molecule has 1 aliphatic rings. The minimum Gasteiger partial charge on any atom is -0.394 e. The lowest BCUT2D eigenvalue weighted by Gasteiger charge is -2.40. The van der Waals surface area contributed by atoms with E-state index in [-0.39, 0.29) is 0 Å². The van der Waals surface area contributed by atoms with Crippen LogP contribution in [0.5, 0.6) is 0 Å². The second-order valence-corrected chi connectivity index (χ2v) is 8.34. The third-order valence-electron chi connectivity index (χ3n) is 5.38. The summed E-state index contributed by atoms with van der Waals surface area (Å²) in [6.45, 7) is 1.65. The molecule has 5 atom stereocenters.